The predicted octanol–water partition coefficient (Wildman–Crippen LogP) is 2.31. The van der Waals surface area contributed by atoms with Crippen LogP contribution in [0.5, 0.6) is 0 Å². The Morgan fingerprint density at radius 3 is 2.67 bits per heavy atom. The van der Waals surface area contributed by atoms with Crippen LogP contribution in [0.25, 0.3) is 0 Å². The predicted molar refractivity (Wildman–Crippen MR) is 90.4 cm³/mol. The highest BCUT2D eigenvalue weighted by Crippen LogP contribution is 2.30. The second-order valence-electron chi connectivity index (χ2n) is 6.09. The largest absolute Gasteiger partial charge is 0.338 e. The molecule has 4 nitrogen and oxygen atoms in total. The van der Waals surface area contributed by atoms with Crippen molar-refractivity contribution in [3.8, 4) is 0 Å². The molecule has 1 unspecified atom stereocenters. The van der Waals surface area contributed by atoms with E-state index in [4.69, 9.17) is 16.9 Å². The maximum Gasteiger partial charge on any atom is 0.129 e. The molecular formula is C15H22ClN4S. The second kappa shape index (κ2) is 6.32. The normalized spacial score (nSPS) is 26.8. The molecule has 1 radical (unpaired) electrons. The molecule has 2 fully saturated rings. The Hall–Kier alpha value is -0.490. The van der Waals surface area contributed by atoms with Crippen LogP contribution in [0.4, 0.5) is 5.82 Å². The summed E-state index contributed by atoms with van der Waals surface area (Å²) in [4.78, 5) is 9.50. The lowest BCUT2D eigenvalue weighted by molar-refractivity contribution is 0.0989. The second-order valence-corrected chi connectivity index (χ2v) is 7.75. The fraction of sp³-hybridized carbons (Fsp3) is 0.667. The molecule has 2 aliphatic rings. The van der Waals surface area contributed by atoms with E-state index in [1.165, 1.54) is 11.5 Å². The summed E-state index contributed by atoms with van der Waals surface area (Å²) in [5.74, 6) is 3.41. The minimum atomic E-state index is -0.0818. The molecule has 0 N–H and O–H groups in total. The molecule has 3 rings (SSSR count). The van der Waals surface area contributed by atoms with Gasteiger partial charge in [-0.15, -0.1) is 0 Å². The highest BCUT2D eigenvalue weighted by Gasteiger charge is 2.43. The summed E-state index contributed by atoms with van der Waals surface area (Å²) >= 11 is 8.02. The first-order valence-corrected chi connectivity index (χ1v) is 9.00. The summed E-state index contributed by atoms with van der Waals surface area (Å²) in [5, 5.41) is 5.55. The Bertz CT molecular complexity index is 473. The lowest BCUT2D eigenvalue weighted by Gasteiger charge is -2.52. The third-order valence-electron chi connectivity index (χ3n) is 4.18. The van der Waals surface area contributed by atoms with Crippen molar-refractivity contribution in [2.45, 2.75) is 25.6 Å². The van der Waals surface area contributed by atoms with Gasteiger partial charge >= 0.3 is 0 Å². The zero-order chi connectivity index (χ0) is 14.9. The van der Waals surface area contributed by atoms with Crippen LogP contribution in [0.15, 0.2) is 18.3 Å². The SMILES string of the molecule is CC1(C)[N]CCN(c2ccc(Cl)cn2)C1N1CCSCC1. The molecule has 0 aliphatic carbocycles. The summed E-state index contributed by atoms with van der Waals surface area (Å²) in [6.07, 6.45) is 2.01. The van der Waals surface area contributed by atoms with Crippen LogP contribution in [0, 0.1) is 0 Å². The molecule has 0 spiro atoms. The van der Waals surface area contributed by atoms with Crippen molar-refractivity contribution in [2.75, 3.05) is 42.6 Å². The van der Waals surface area contributed by atoms with Gasteiger partial charge in [0.05, 0.1) is 10.6 Å². The fourth-order valence-electron chi connectivity index (χ4n) is 3.27. The number of thioether (sulfide) groups is 1. The number of nitrogens with zero attached hydrogens (tertiary/aromatic N) is 4. The average molecular weight is 326 g/mol. The molecule has 1 aromatic rings. The van der Waals surface area contributed by atoms with Crippen molar-refractivity contribution in [3.63, 3.8) is 0 Å². The van der Waals surface area contributed by atoms with E-state index in [9.17, 15) is 0 Å². The van der Waals surface area contributed by atoms with Gasteiger partial charge in [0, 0.05) is 43.9 Å². The number of aromatic nitrogens is 1. The molecule has 1 aromatic heterocycles. The molecule has 0 bridgehead atoms. The first kappa shape index (κ1) is 15.4. The summed E-state index contributed by atoms with van der Waals surface area (Å²) in [5.41, 5.74) is -0.0818. The van der Waals surface area contributed by atoms with Crippen LogP contribution < -0.4 is 10.2 Å². The molecule has 21 heavy (non-hydrogen) atoms. The topological polar surface area (TPSA) is 33.5 Å². The number of halogens is 1. The van der Waals surface area contributed by atoms with E-state index in [-0.39, 0.29) is 11.7 Å². The number of pyridine rings is 1. The number of hydrogen-bond donors (Lipinski definition) is 0. The first-order valence-electron chi connectivity index (χ1n) is 7.46. The standard InChI is InChI=1S/C15H22ClN4S/c1-15(2)14(19-7-9-21-10-8-19)20(6-5-18-15)13-4-3-12(16)11-17-13/h3-4,11,14H,5-10H2,1-2H3. The maximum atomic E-state index is 5.98. The minimum Gasteiger partial charge on any atom is -0.338 e. The number of rotatable bonds is 2. The highest BCUT2D eigenvalue weighted by molar-refractivity contribution is 7.99. The van der Waals surface area contributed by atoms with Gasteiger partial charge in [0.25, 0.3) is 0 Å². The van der Waals surface area contributed by atoms with Gasteiger partial charge in [-0.3, -0.25) is 4.90 Å². The molecule has 2 saturated heterocycles. The van der Waals surface area contributed by atoms with Crippen LogP contribution in [0.2, 0.25) is 5.02 Å². The Morgan fingerprint density at radius 2 is 2.00 bits per heavy atom. The molecule has 3 heterocycles. The molecule has 115 valence electrons. The van der Waals surface area contributed by atoms with Crippen LogP contribution in [-0.2, 0) is 0 Å². The Balaban J connectivity index is 1.89. The molecule has 0 aromatic carbocycles. The van der Waals surface area contributed by atoms with Gasteiger partial charge in [-0.1, -0.05) is 11.6 Å². The van der Waals surface area contributed by atoms with E-state index >= 15 is 0 Å². The van der Waals surface area contributed by atoms with Crippen molar-refractivity contribution in [1.29, 1.82) is 0 Å². The molecule has 1 atom stereocenters. The van der Waals surface area contributed by atoms with Gasteiger partial charge in [-0.25, -0.2) is 10.3 Å². The first-order chi connectivity index (χ1) is 10.1. The van der Waals surface area contributed by atoms with E-state index in [1.807, 2.05) is 23.9 Å². The van der Waals surface area contributed by atoms with E-state index in [2.05, 4.69) is 28.6 Å². The van der Waals surface area contributed by atoms with Gasteiger partial charge < -0.3 is 4.90 Å². The lowest BCUT2D eigenvalue weighted by Crippen LogP contribution is -2.68. The lowest BCUT2D eigenvalue weighted by atomic mass is 9.95. The molecule has 6 heteroatoms. The Morgan fingerprint density at radius 1 is 1.24 bits per heavy atom. The number of hydrogen-bond acceptors (Lipinski definition) is 4. The third-order valence-corrected chi connectivity index (χ3v) is 5.35. The average Bonchev–Trinajstić information content (AvgIpc) is 2.48. The Labute approximate surface area is 136 Å². The van der Waals surface area contributed by atoms with Crippen molar-refractivity contribution in [2.24, 2.45) is 0 Å². The third kappa shape index (κ3) is 3.31. The van der Waals surface area contributed by atoms with Gasteiger partial charge in [0.15, 0.2) is 0 Å². The zero-order valence-corrected chi connectivity index (χ0v) is 14.2. The van der Waals surface area contributed by atoms with Crippen LogP contribution >= 0.6 is 23.4 Å². The molecule has 0 amide bonds. The highest BCUT2D eigenvalue weighted by atomic mass is 35.5. The van der Waals surface area contributed by atoms with Gasteiger partial charge in [-0.05, 0) is 26.0 Å². The number of piperazine rings is 1. The van der Waals surface area contributed by atoms with E-state index in [0.717, 1.165) is 32.0 Å². The van der Waals surface area contributed by atoms with E-state index in [0.29, 0.717) is 5.02 Å². The zero-order valence-electron chi connectivity index (χ0n) is 12.6. The fourth-order valence-corrected chi connectivity index (χ4v) is 4.32. The van der Waals surface area contributed by atoms with Gasteiger partial charge in [-0.2, -0.15) is 11.8 Å². The summed E-state index contributed by atoms with van der Waals surface area (Å²) in [6.45, 7) is 8.50. The quantitative estimate of drug-likeness (QED) is 0.835. The summed E-state index contributed by atoms with van der Waals surface area (Å²) < 4.78 is 0. The van der Waals surface area contributed by atoms with Crippen LogP contribution in [0.1, 0.15) is 13.8 Å². The van der Waals surface area contributed by atoms with Gasteiger partial charge in [0.1, 0.15) is 12.0 Å². The molecule has 0 saturated carbocycles. The maximum absolute atomic E-state index is 5.98. The smallest absolute Gasteiger partial charge is 0.129 e. The van der Waals surface area contributed by atoms with Crippen LogP contribution in [-0.4, -0.2) is 59.3 Å². The summed E-state index contributed by atoms with van der Waals surface area (Å²) in [6, 6.07) is 3.95. The van der Waals surface area contributed by atoms with Crippen molar-refractivity contribution < 1.29 is 0 Å². The molecule has 2 aliphatic heterocycles. The van der Waals surface area contributed by atoms with E-state index in [1.54, 1.807) is 6.20 Å². The minimum absolute atomic E-state index is 0.0818. The number of anilines is 1. The van der Waals surface area contributed by atoms with Crippen molar-refractivity contribution in [1.82, 2.24) is 15.2 Å². The monoisotopic (exact) mass is 325 g/mol. The van der Waals surface area contributed by atoms with Crippen molar-refractivity contribution in [3.05, 3.63) is 23.4 Å². The summed E-state index contributed by atoms with van der Waals surface area (Å²) in [7, 11) is 0. The van der Waals surface area contributed by atoms with E-state index < -0.39 is 0 Å². The molecular weight excluding hydrogens is 304 g/mol. The Kier molecular flexibility index (Phi) is 4.64. The van der Waals surface area contributed by atoms with Crippen LogP contribution in [0.3, 0.4) is 0 Å². The van der Waals surface area contributed by atoms with Crippen molar-refractivity contribution >= 4 is 29.2 Å². The van der Waals surface area contributed by atoms with Gasteiger partial charge in [0.2, 0.25) is 0 Å².